The third-order valence-corrected chi connectivity index (χ3v) is 5.81. The molecule has 0 fully saturated rings. The number of aryl methyl sites for hydroxylation is 3. The van der Waals surface area contributed by atoms with Crippen LogP contribution in [-0.4, -0.2) is 11.1 Å². The highest BCUT2D eigenvalue weighted by Gasteiger charge is 2.23. The lowest BCUT2D eigenvalue weighted by Crippen LogP contribution is -2.14. The number of fused-ring (bicyclic) bond motifs is 2. The molecule has 0 spiro atoms. The van der Waals surface area contributed by atoms with Crippen LogP contribution in [0.1, 0.15) is 39.2 Å². The van der Waals surface area contributed by atoms with Crippen molar-refractivity contribution in [3.05, 3.63) is 45.0 Å². The van der Waals surface area contributed by atoms with Crippen molar-refractivity contribution in [3.63, 3.8) is 0 Å². The van der Waals surface area contributed by atoms with Crippen LogP contribution < -0.4 is 5.32 Å². The van der Waals surface area contributed by atoms with Gasteiger partial charge in [0, 0.05) is 10.3 Å². The lowest BCUT2D eigenvalue weighted by molar-refractivity contribution is -0.115. The molecule has 0 saturated heterocycles. The molecule has 3 aromatic rings. The van der Waals surface area contributed by atoms with E-state index in [9.17, 15) is 10.1 Å². The summed E-state index contributed by atoms with van der Waals surface area (Å²) in [7, 11) is 0. The molecule has 5 nitrogen and oxygen atoms in total. The van der Waals surface area contributed by atoms with Gasteiger partial charge in [0.05, 0.1) is 12.0 Å². The molecule has 0 saturated carbocycles. The van der Waals surface area contributed by atoms with E-state index in [0.29, 0.717) is 21.8 Å². The van der Waals surface area contributed by atoms with Crippen LogP contribution in [0.2, 0.25) is 0 Å². The SMILES string of the molecule is Cc1cc(C)c2c(CC(=O)Nc3sc4c(c3C#N)CCC4)noc2c1. The molecule has 1 N–H and O–H groups in total. The molecule has 25 heavy (non-hydrogen) atoms. The lowest BCUT2D eigenvalue weighted by Gasteiger charge is -2.04. The number of aromatic nitrogens is 1. The van der Waals surface area contributed by atoms with E-state index < -0.39 is 0 Å². The maximum Gasteiger partial charge on any atom is 0.231 e. The fourth-order valence-corrected chi connectivity index (χ4v) is 4.83. The third-order valence-electron chi connectivity index (χ3n) is 4.60. The second kappa shape index (κ2) is 6.01. The predicted molar refractivity (Wildman–Crippen MR) is 96.9 cm³/mol. The largest absolute Gasteiger partial charge is 0.356 e. The molecular formula is C19H17N3O2S. The summed E-state index contributed by atoms with van der Waals surface area (Å²) in [6, 6.07) is 6.23. The molecule has 0 atom stereocenters. The Balaban J connectivity index is 1.59. The van der Waals surface area contributed by atoms with Crippen LogP contribution >= 0.6 is 11.3 Å². The number of nitrogens with one attached hydrogen (secondary N) is 1. The molecule has 2 aromatic heterocycles. The van der Waals surface area contributed by atoms with Crippen LogP contribution in [0.25, 0.3) is 11.0 Å². The number of nitriles is 1. The molecular weight excluding hydrogens is 334 g/mol. The first kappa shape index (κ1) is 15.9. The monoisotopic (exact) mass is 351 g/mol. The summed E-state index contributed by atoms with van der Waals surface area (Å²) < 4.78 is 5.38. The second-order valence-electron chi connectivity index (χ2n) is 6.48. The number of nitrogens with zero attached hydrogens (tertiary/aromatic N) is 2. The van der Waals surface area contributed by atoms with Crippen LogP contribution in [0.3, 0.4) is 0 Å². The number of anilines is 1. The van der Waals surface area contributed by atoms with Crippen molar-refractivity contribution in [1.82, 2.24) is 5.16 Å². The highest BCUT2D eigenvalue weighted by atomic mass is 32.1. The molecule has 2 heterocycles. The molecule has 126 valence electrons. The Morgan fingerprint density at radius 1 is 1.40 bits per heavy atom. The maximum absolute atomic E-state index is 12.5. The van der Waals surface area contributed by atoms with Crippen molar-refractivity contribution >= 4 is 33.2 Å². The van der Waals surface area contributed by atoms with Gasteiger partial charge < -0.3 is 9.84 Å². The van der Waals surface area contributed by atoms with Gasteiger partial charge >= 0.3 is 0 Å². The van der Waals surface area contributed by atoms with Crippen molar-refractivity contribution in [3.8, 4) is 6.07 Å². The molecule has 0 radical (unpaired) electrons. The van der Waals surface area contributed by atoms with Crippen molar-refractivity contribution < 1.29 is 9.32 Å². The van der Waals surface area contributed by atoms with Crippen molar-refractivity contribution in [1.29, 1.82) is 5.26 Å². The van der Waals surface area contributed by atoms with Gasteiger partial charge in [0.2, 0.25) is 5.91 Å². The van der Waals surface area contributed by atoms with E-state index in [4.69, 9.17) is 4.52 Å². The average Bonchev–Trinajstić information content (AvgIpc) is 3.21. The standard InChI is InChI=1S/C19H17N3O2S/c1-10-6-11(2)18-14(22-24-15(18)7-10)8-17(23)21-19-13(9-20)12-4-3-5-16(12)25-19/h6-7H,3-5,8H2,1-2H3,(H,21,23). The molecule has 1 aromatic carbocycles. The fourth-order valence-electron chi connectivity index (χ4n) is 3.57. The zero-order chi connectivity index (χ0) is 17.6. The van der Waals surface area contributed by atoms with Gasteiger partial charge in [-0.3, -0.25) is 4.79 Å². The summed E-state index contributed by atoms with van der Waals surface area (Å²) in [5.74, 6) is -0.174. The van der Waals surface area contributed by atoms with Gasteiger partial charge in [-0.25, -0.2) is 0 Å². The Bertz CT molecular complexity index is 1040. The molecule has 1 amide bonds. The number of hydrogen-bond acceptors (Lipinski definition) is 5. The summed E-state index contributed by atoms with van der Waals surface area (Å²) in [5, 5.41) is 18.0. The summed E-state index contributed by atoms with van der Waals surface area (Å²) in [6.07, 6.45) is 3.14. The fraction of sp³-hybridized carbons (Fsp3) is 0.316. The van der Waals surface area contributed by atoms with Crippen LogP contribution in [0.5, 0.6) is 0 Å². The number of benzene rings is 1. The molecule has 1 aliphatic carbocycles. The van der Waals surface area contributed by atoms with Gasteiger partial charge in [0.1, 0.15) is 16.8 Å². The zero-order valence-electron chi connectivity index (χ0n) is 14.1. The van der Waals surface area contributed by atoms with Gasteiger partial charge in [-0.1, -0.05) is 11.2 Å². The quantitative estimate of drug-likeness (QED) is 0.772. The van der Waals surface area contributed by atoms with E-state index in [1.54, 1.807) is 0 Å². The second-order valence-corrected chi connectivity index (χ2v) is 7.59. The summed E-state index contributed by atoms with van der Waals surface area (Å²) >= 11 is 1.52. The highest BCUT2D eigenvalue weighted by molar-refractivity contribution is 7.16. The molecule has 1 aliphatic rings. The van der Waals surface area contributed by atoms with Gasteiger partial charge in [-0.05, 0) is 55.9 Å². The van der Waals surface area contributed by atoms with Crippen LogP contribution in [0, 0.1) is 25.2 Å². The molecule has 0 bridgehead atoms. The number of hydrogen-bond donors (Lipinski definition) is 1. The summed E-state index contributed by atoms with van der Waals surface area (Å²) in [4.78, 5) is 13.7. The zero-order valence-corrected chi connectivity index (χ0v) is 14.9. The molecule has 6 heteroatoms. The van der Waals surface area contributed by atoms with Gasteiger partial charge in [-0.15, -0.1) is 11.3 Å². The van der Waals surface area contributed by atoms with Crippen LogP contribution in [-0.2, 0) is 24.1 Å². The molecule has 0 unspecified atom stereocenters. The normalized spacial score (nSPS) is 13.0. The first-order chi connectivity index (χ1) is 12.1. The van der Waals surface area contributed by atoms with E-state index in [-0.39, 0.29) is 12.3 Å². The molecule has 0 aliphatic heterocycles. The lowest BCUT2D eigenvalue weighted by atomic mass is 10.0. The average molecular weight is 351 g/mol. The number of carbonyl (C=O) groups excluding carboxylic acids is 1. The van der Waals surface area contributed by atoms with Gasteiger partial charge in [-0.2, -0.15) is 5.26 Å². The Labute approximate surface area is 149 Å². The first-order valence-electron chi connectivity index (χ1n) is 8.27. The van der Waals surface area contributed by atoms with Gasteiger partial charge in [0.15, 0.2) is 5.58 Å². The van der Waals surface area contributed by atoms with Crippen molar-refractivity contribution in [2.24, 2.45) is 0 Å². The minimum absolute atomic E-state index is 0.129. The molecule has 4 rings (SSSR count). The van der Waals surface area contributed by atoms with Crippen LogP contribution in [0.4, 0.5) is 5.00 Å². The van der Waals surface area contributed by atoms with Crippen molar-refractivity contribution in [2.75, 3.05) is 5.32 Å². The third kappa shape index (κ3) is 2.71. The number of rotatable bonds is 3. The number of carbonyl (C=O) groups is 1. The van der Waals surface area contributed by atoms with E-state index in [0.717, 1.165) is 41.3 Å². The summed E-state index contributed by atoms with van der Waals surface area (Å²) in [6.45, 7) is 3.99. The summed E-state index contributed by atoms with van der Waals surface area (Å²) in [5.41, 5.74) is 5.22. The Morgan fingerprint density at radius 2 is 2.24 bits per heavy atom. The van der Waals surface area contributed by atoms with E-state index in [1.807, 2.05) is 19.9 Å². The van der Waals surface area contributed by atoms with Crippen molar-refractivity contribution in [2.45, 2.75) is 39.5 Å². The Hall–Kier alpha value is -2.65. The maximum atomic E-state index is 12.5. The highest BCUT2D eigenvalue weighted by Crippen LogP contribution is 2.38. The first-order valence-corrected chi connectivity index (χ1v) is 9.08. The topological polar surface area (TPSA) is 78.9 Å². The minimum Gasteiger partial charge on any atom is -0.356 e. The van der Waals surface area contributed by atoms with E-state index in [1.165, 1.54) is 16.2 Å². The predicted octanol–water partition coefficient (Wildman–Crippen LogP) is 4.05. The van der Waals surface area contributed by atoms with E-state index >= 15 is 0 Å². The number of amides is 1. The smallest absolute Gasteiger partial charge is 0.231 e. The van der Waals surface area contributed by atoms with E-state index in [2.05, 4.69) is 22.6 Å². The minimum atomic E-state index is -0.174. The Morgan fingerprint density at radius 3 is 3.04 bits per heavy atom. The number of thiophene rings is 1. The van der Waals surface area contributed by atoms with Crippen LogP contribution in [0.15, 0.2) is 16.7 Å². The Kier molecular flexibility index (Phi) is 3.81. The van der Waals surface area contributed by atoms with Gasteiger partial charge in [0.25, 0.3) is 0 Å².